The summed E-state index contributed by atoms with van der Waals surface area (Å²) in [4.78, 5) is 32.1. The summed E-state index contributed by atoms with van der Waals surface area (Å²) in [6.07, 6.45) is 0.801. The van der Waals surface area contributed by atoms with Crippen LogP contribution in [0.3, 0.4) is 0 Å². The van der Waals surface area contributed by atoms with Gasteiger partial charge in [-0.1, -0.05) is 24.3 Å². The Bertz CT molecular complexity index is 1130. The second kappa shape index (κ2) is 7.28. The molecule has 1 aliphatic carbocycles. The van der Waals surface area contributed by atoms with Crippen LogP contribution in [0.4, 0.5) is 0 Å². The summed E-state index contributed by atoms with van der Waals surface area (Å²) in [7, 11) is 0. The lowest BCUT2D eigenvalue weighted by Crippen LogP contribution is -2.29. The number of aromatic nitrogens is 2. The summed E-state index contributed by atoms with van der Waals surface area (Å²) >= 11 is 0. The minimum atomic E-state index is -0.869. The third kappa shape index (κ3) is 3.14. The molecule has 6 heteroatoms. The first kappa shape index (κ1) is 19.1. The molecule has 0 saturated heterocycles. The van der Waals surface area contributed by atoms with E-state index in [1.54, 1.807) is 0 Å². The second-order valence-corrected chi connectivity index (χ2v) is 7.58. The summed E-state index contributed by atoms with van der Waals surface area (Å²) in [6.45, 7) is 4.69. The molecule has 1 atom stereocenters. The molecule has 148 valence electrons. The van der Waals surface area contributed by atoms with Crippen molar-refractivity contribution >= 4 is 23.5 Å². The monoisotopic (exact) mass is 390 g/mol. The summed E-state index contributed by atoms with van der Waals surface area (Å²) < 4.78 is 5.00. The van der Waals surface area contributed by atoms with Crippen LogP contribution in [0, 0.1) is 13.8 Å². The predicted octanol–water partition coefficient (Wildman–Crippen LogP) is 3.94. The van der Waals surface area contributed by atoms with Gasteiger partial charge in [0, 0.05) is 17.4 Å². The van der Waals surface area contributed by atoms with E-state index >= 15 is 0 Å². The highest BCUT2D eigenvalue weighted by atomic mass is 16.5. The SMILES string of the molecule is Cc1cc2nc3c(nc2cc1C)C(CCOC=O)(CCC(=O)O)c1ccccc1-3. The average molecular weight is 390 g/mol. The van der Waals surface area contributed by atoms with Crippen molar-refractivity contribution in [3.05, 3.63) is 58.8 Å². The number of carboxylic acids is 1. The van der Waals surface area contributed by atoms with E-state index in [0.717, 1.165) is 44.7 Å². The Morgan fingerprint density at radius 1 is 1.10 bits per heavy atom. The number of rotatable bonds is 7. The molecule has 1 heterocycles. The lowest BCUT2D eigenvalue weighted by Gasteiger charge is -2.30. The van der Waals surface area contributed by atoms with Gasteiger partial charge in [0.05, 0.1) is 29.0 Å². The molecule has 1 aliphatic rings. The summed E-state index contributed by atoms with van der Waals surface area (Å²) in [5.41, 5.74) is 6.74. The highest BCUT2D eigenvalue weighted by molar-refractivity contribution is 5.85. The van der Waals surface area contributed by atoms with Crippen LogP contribution in [0.15, 0.2) is 36.4 Å². The quantitative estimate of drug-likeness (QED) is 0.485. The first-order valence-electron chi connectivity index (χ1n) is 9.62. The number of carbonyl (C=O) groups is 2. The number of nitrogens with zero attached hydrogens (tertiary/aromatic N) is 2. The molecule has 1 aromatic heterocycles. The lowest BCUT2D eigenvalue weighted by atomic mass is 9.74. The Kier molecular flexibility index (Phi) is 4.78. The van der Waals surface area contributed by atoms with Gasteiger partial charge in [0.25, 0.3) is 6.47 Å². The maximum absolute atomic E-state index is 11.4. The van der Waals surface area contributed by atoms with Crippen LogP contribution in [-0.4, -0.2) is 34.1 Å². The van der Waals surface area contributed by atoms with Gasteiger partial charge in [-0.25, -0.2) is 9.97 Å². The zero-order valence-electron chi connectivity index (χ0n) is 16.4. The molecular weight excluding hydrogens is 368 g/mol. The van der Waals surface area contributed by atoms with Crippen LogP contribution in [0.5, 0.6) is 0 Å². The Morgan fingerprint density at radius 3 is 2.48 bits per heavy atom. The molecule has 0 saturated carbocycles. The topological polar surface area (TPSA) is 89.4 Å². The second-order valence-electron chi connectivity index (χ2n) is 7.58. The number of carboxylic acid groups (broad SMARTS) is 1. The highest BCUT2D eigenvalue weighted by Gasteiger charge is 2.45. The van der Waals surface area contributed by atoms with E-state index in [9.17, 15) is 14.7 Å². The van der Waals surface area contributed by atoms with Crippen molar-refractivity contribution in [1.82, 2.24) is 9.97 Å². The van der Waals surface area contributed by atoms with Gasteiger partial charge in [0.1, 0.15) is 0 Å². The fourth-order valence-electron chi connectivity index (χ4n) is 4.30. The highest BCUT2D eigenvalue weighted by Crippen LogP contribution is 2.52. The molecule has 1 N–H and O–H groups in total. The van der Waals surface area contributed by atoms with Crippen molar-refractivity contribution in [2.75, 3.05) is 6.61 Å². The molecule has 0 radical (unpaired) electrons. The minimum Gasteiger partial charge on any atom is -0.481 e. The van der Waals surface area contributed by atoms with Gasteiger partial charge in [-0.2, -0.15) is 0 Å². The van der Waals surface area contributed by atoms with Gasteiger partial charge in [-0.15, -0.1) is 0 Å². The number of ether oxygens (including phenoxy) is 1. The Hall–Kier alpha value is -3.28. The Labute approximate surface area is 168 Å². The van der Waals surface area contributed by atoms with E-state index in [2.05, 4.69) is 0 Å². The largest absolute Gasteiger partial charge is 0.481 e. The molecule has 0 bridgehead atoms. The Morgan fingerprint density at radius 2 is 1.79 bits per heavy atom. The van der Waals surface area contributed by atoms with Gasteiger partial charge in [-0.05, 0) is 55.5 Å². The maximum atomic E-state index is 11.4. The molecule has 0 fully saturated rings. The van der Waals surface area contributed by atoms with Crippen LogP contribution >= 0.6 is 0 Å². The summed E-state index contributed by atoms with van der Waals surface area (Å²) in [5.74, 6) is -0.869. The minimum absolute atomic E-state index is 0.0124. The fraction of sp³-hybridized carbons (Fsp3) is 0.304. The molecule has 4 rings (SSSR count). The van der Waals surface area contributed by atoms with Crippen LogP contribution < -0.4 is 0 Å². The molecule has 6 nitrogen and oxygen atoms in total. The standard InChI is InChI=1S/C23H22N2O4/c1-14-11-18-19(12-15(14)2)25-22-21(24-18)16-5-3-4-6-17(16)23(22,8-7-20(27)28)9-10-29-13-26/h3-6,11-13H,7-10H2,1-2H3,(H,27,28). The van der Waals surface area contributed by atoms with Crippen molar-refractivity contribution < 1.29 is 19.4 Å². The van der Waals surface area contributed by atoms with Gasteiger partial charge < -0.3 is 9.84 Å². The summed E-state index contributed by atoms with van der Waals surface area (Å²) in [5, 5.41) is 9.37. The van der Waals surface area contributed by atoms with Gasteiger partial charge in [0.2, 0.25) is 0 Å². The molecule has 0 amide bonds. The van der Waals surface area contributed by atoms with Crippen molar-refractivity contribution in [3.8, 4) is 11.3 Å². The lowest BCUT2D eigenvalue weighted by molar-refractivity contribution is -0.137. The van der Waals surface area contributed by atoms with Gasteiger partial charge in [0.15, 0.2) is 0 Å². The van der Waals surface area contributed by atoms with Crippen molar-refractivity contribution in [2.45, 2.75) is 38.5 Å². The van der Waals surface area contributed by atoms with Crippen LogP contribution in [0.1, 0.15) is 41.6 Å². The number of hydrogen-bond acceptors (Lipinski definition) is 5. The predicted molar refractivity (Wildman–Crippen MR) is 109 cm³/mol. The third-order valence-electron chi connectivity index (χ3n) is 5.91. The number of aryl methyl sites for hydroxylation is 2. The molecule has 29 heavy (non-hydrogen) atoms. The van der Waals surface area contributed by atoms with E-state index in [1.165, 1.54) is 0 Å². The van der Waals surface area contributed by atoms with E-state index in [0.29, 0.717) is 19.3 Å². The van der Waals surface area contributed by atoms with Crippen LogP contribution in [0.2, 0.25) is 0 Å². The average Bonchev–Trinajstić information content (AvgIpc) is 2.96. The van der Waals surface area contributed by atoms with Crippen LogP contribution in [-0.2, 0) is 19.7 Å². The third-order valence-corrected chi connectivity index (χ3v) is 5.91. The molecule has 3 aromatic rings. The van der Waals surface area contributed by atoms with Gasteiger partial charge >= 0.3 is 5.97 Å². The first-order chi connectivity index (χ1) is 14.0. The number of benzene rings is 2. The number of hydrogen-bond donors (Lipinski definition) is 1. The molecule has 1 unspecified atom stereocenters. The molecule has 2 aromatic carbocycles. The smallest absolute Gasteiger partial charge is 0.303 e. The molecule has 0 aliphatic heterocycles. The first-order valence-corrected chi connectivity index (χ1v) is 9.62. The number of fused-ring (bicyclic) bond motifs is 4. The zero-order valence-corrected chi connectivity index (χ0v) is 16.4. The van der Waals surface area contributed by atoms with E-state index < -0.39 is 11.4 Å². The van der Waals surface area contributed by atoms with Crippen molar-refractivity contribution in [3.63, 3.8) is 0 Å². The maximum Gasteiger partial charge on any atom is 0.303 e. The normalized spacial score (nSPS) is 17.0. The zero-order chi connectivity index (χ0) is 20.6. The van der Waals surface area contributed by atoms with Crippen LogP contribution in [0.25, 0.3) is 22.3 Å². The number of aliphatic carboxylic acids is 1. The van der Waals surface area contributed by atoms with Crippen molar-refractivity contribution in [2.24, 2.45) is 0 Å². The van der Waals surface area contributed by atoms with E-state index in [1.807, 2.05) is 50.2 Å². The number of carbonyl (C=O) groups excluding carboxylic acids is 1. The van der Waals surface area contributed by atoms with Crippen molar-refractivity contribution in [1.29, 1.82) is 0 Å². The Balaban J connectivity index is 1.97. The summed E-state index contributed by atoms with van der Waals surface area (Å²) in [6, 6.07) is 11.9. The molecular formula is C23H22N2O4. The molecule has 0 spiro atoms. The van der Waals surface area contributed by atoms with E-state index in [-0.39, 0.29) is 13.0 Å². The van der Waals surface area contributed by atoms with Gasteiger partial charge in [-0.3, -0.25) is 9.59 Å². The fourth-order valence-corrected chi connectivity index (χ4v) is 4.30. The van der Waals surface area contributed by atoms with E-state index in [4.69, 9.17) is 14.7 Å².